The second kappa shape index (κ2) is 8.18. The van der Waals surface area contributed by atoms with Gasteiger partial charge in [0.25, 0.3) is 5.92 Å². The first kappa shape index (κ1) is 19.3. The lowest BCUT2D eigenvalue weighted by Crippen LogP contribution is -2.45. The predicted octanol–water partition coefficient (Wildman–Crippen LogP) is 4.40. The molecule has 2 N–H and O–H groups in total. The molecular weight excluding hydrogens is 358 g/mol. The Bertz CT molecular complexity index is 810. The molecule has 2 aromatic carbocycles. The maximum atomic E-state index is 13.9. The molecule has 1 fully saturated rings. The number of rotatable bonds is 5. The minimum absolute atomic E-state index is 0.0761. The standard InChI is InChI=1S/C23H28F2N2O/c1-28-21-13-17-9-10-23(24,25)14-18(17)12-19(21)15-27-20-8-5-11-26-22(20)16-6-3-2-4-7-16/h2-4,6-7,12-13,20,22,26-27H,5,8-11,14-15H2,1H3/t20-,22-/m0/s1. The van der Waals surface area contributed by atoms with Crippen molar-refractivity contribution < 1.29 is 13.5 Å². The fraction of sp³-hybridized carbons (Fsp3) is 0.478. The lowest BCUT2D eigenvalue weighted by molar-refractivity contribution is -0.0122. The zero-order chi connectivity index (χ0) is 19.6. The first-order chi connectivity index (χ1) is 13.6. The van der Waals surface area contributed by atoms with Crippen molar-refractivity contribution in [2.24, 2.45) is 0 Å². The van der Waals surface area contributed by atoms with E-state index in [4.69, 9.17) is 4.74 Å². The van der Waals surface area contributed by atoms with E-state index in [0.717, 1.165) is 41.8 Å². The molecule has 3 nitrogen and oxygen atoms in total. The van der Waals surface area contributed by atoms with E-state index in [1.165, 1.54) is 5.56 Å². The molecule has 28 heavy (non-hydrogen) atoms. The molecule has 150 valence electrons. The summed E-state index contributed by atoms with van der Waals surface area (Å²) in [5, 5.41) is 7.28. The van der Waals surface area contributed by atoms with Crippen LogP contribution in [0.15, 0.2) is 42.5 Å². The molecule has 1 aliphatic carbocycles. The highest BCUT2D eigenvalue weighted by Crippen LogP contribution is 2.36. The van der Waals surface area contributed by atoms with Crippen molar-refractivity contribution in [1.82, 2.24) is 10.6 Å². The maximum Gasteiger partial charge on any atom is 0.252 e. The number of alkyl halides is 2. The average molecular weight is 386 g/mol. The van der Waals surface area contributed by atoms with Crippen LogP contribution < -0.4 is 15.4 Å². The average Bonchev–Trinajstić information content (AvgIpc) is 2.72. The lowest BCUT2D eigenvalue weighted by atomic mass is 9.87. The van der Waals surface area contributed by atoms with Crippen LogP contribution in [0.3, 0.4) is 0 Å². The number of ether oxygens (including phenoxy) is 1. The van der Waals surface area contributed by atoms with Crippen LogP contribution in [0.1, 0.15) is 47.6 Å². The highest BCUT2D eigenvalue weighted by atomic mass is 19.3. The van der Waals surface area contributed by atoms with Crippen LogP contribution in [0.5, 0.6) is 5.75 Å². The van der Waals surface area contributed by atoms with Crippen LogP contribution in [-0.2, 0) is 19.4 Å². The quantitative estimate of drug-likeness (QED) is 0.799. The molecule has 0 amide bonds. The summed E-state index contributed by atoms with van der Waals surface area (Å²) < 4.78 is 33.3. The zero-order valence-corrected chi connectivity index (χ0v) is 16.3. The molecule has 0 saturated carbocycles. The van der Waals surface area contributed by atoms with E-state index in [0.29, 0.717) is 19.0 Å². The topological polar surface area (TPSA) is 33.3 Å². The van der Waals surface area contributed by atoms with Crippen LogP contribution in [0.4, 0.5) is 8.78 Å². The van der Waals surface area contributed by atoms with Crippen LogP contribution in [0.2, 0.25) is 0 Å². The van der Waals surface area contributed by atoms with Crippen molar-refractivity contribution in [1.29, 1.82) is 0 Å². The Hall–Kier alpha value is -1.98. The van der Waals surface area contributed by atoms with Gasteiger partial charge in [0.1, 0.15) is 5.75 Å². The number of methoxy groups -OCH3 is 1. The third kappa shape index (κ3) is 4.20. The SMILES string of the molecule is COc1cc2c(cc1CN[C@H]1CCCN[C@H]1c1ccccc1)CC(F)(F)CC2. The van der Waals surface area contributed by atoms with Crippen LogP contribution in [0.25, 0.3) is 0 Å². The highest BCUT2D eigenvalue weighted by molar-refractivity contribution is 5.44. The molecule has 0 unspecified atom stereocenters. The lowest BCUT2D eigenvalue weighted by Gasteiger charge is -2.34. The first-order valence-electron chi connectivity index (χ1n) is 10.1. The van der Waals surface area contributed by atoms with E-state index in [9.17, 15) is 8.78 Å². The Morgan fingerprint density at radius 2 is 2.00 bits per heavy atom. The van der Waals surface area contributed by atoms with Gasteiger partial charge in [0.15, 0.2) is 0 Å². The molecule has 4 rings (SSSR count). The van der Waals surface area contributed by atoms with Crippen LogP contribution >= 0.6 is 0 Å². The van der Waals surface area contributed by atoms with E-state index in [-0.39, 0.29) is 18.9 Å². The number of benzene rings is 2. The van der Waals surface area contributed by atoms with Gasteiger partial charge in [-0.05, 0) is 48.6 Å². The third-order valence-electron chi connectivity index (χ3n) is 5.98. The number of hydrogen-bond donors (Lipinski definition) is 2. The normalized spacial score (nSPS) is 23.8. The molecule has 5 heteroatoms. The molecular formula is C23H28F2N2O. The van der Waals surface area contributed by atoms with Gasteiger partial charge in [-0.3, -0.25) is 0 Å². The van der Waals surface area contributed by atoms with E-state index in [1.54, 1.807) is 7.11 Å². The van der Waals surface area contributed by atoms with Gasteiger partial charge in [-0.15, -0.1) is 0 Å². The van der Waals surface area contributed by atoms with Crippen LogP contribution in [0, 0.1) is 0 Å². The van der Waals surface area contributed by atoms with Crippen molar-refractivity contribution in [2.75, 3.05) is 13.7 Å². The van der Waals surface area contributed by atoms with Gasteiger partial charge in [0, 0.05) is 37.0 Å². The summed E-state index contributed by atoms with van der Waals surface area (Å²) in [6.07, 6.45) is 2.37. The largest absolute Gasteiger partial charge is 0.496 e. The smallest absolute Gasteiger partial charge is 0.252 e. The summed E-state index contributed by atoms with van der Waals surface area (Å²) in [5.74, 6) is -1.81. The van der Waals surface area contributed by atoms with Crippen molar-refractivity contribution in [3.05, 3.63) is 64.7 Å². The number of hydrogen-bond acceptors (Lipinski definition) is 3. The van der Waals surface area contributed by atoms with E-state index in [1.807, 2.05) is 18.2 Å². The van der Waals surface area contributed by atoms with E-state index in [2.05, 4.69) is 34.9 Å². The number of nitrogens with one attached hydrogen (secondary N) is 2. The summed E-state index contributed by atoms with van der Waals surface area (Å²) in [7, 11) is 1.65. The van der Waals surface area contributed by atoms with E-state index >= 15 is 0 Å². The summed E-state index contributed by atoms with van der Waals surface area (Å²) in [6, 6.07) is 14.9. The Balaban J connectivity index is 1.52. The molecule has 2 aromatic rings. The van der Waals surface area contributed by atoms with Gasteiger partial charge in [0.05, 0.1) is 7.11 Å². The molecule has 0 radical (unpaired) electrons. The second-order valence-electron chi connectivity index (χ2n) is 7.94. The monoisotopic (exact) mass is 386 g/mol. The summed E-state index contributed by atoms with van der Waals surface area (Å²) in [5.41, 5.74) is 3.98. The van der Waals surface area contributed by atoms with Gasteiger partial charge in [-0.1, -0.05) is 36.4 Å². The van der Waals surface area contributed by atoms with Gasteiger partial charge >= 0.3 is 0 Å². The molecule has 1 heterocycles. The van der Waals surface area contributed by atoms with Gasteiger partial charge < -0.3 is 15.4 Å². The Labute approximate surface area is 165 Å². The minimum Gasteiger partial charge on any atom is -0.496 e. The maximum absolute atomic E-state index is 13.9. The predicted molar refractivity (Wildman–Crippen MR) is 107 cm³/mol. The Morgan fingerprint density at radius 3 is 2.79 bits per heavy atom. The Kier molecular flexibility index (Phi) is 5.65. The number of halogens is 2. The number of aryl methyl sites for hydroxylation is 1. The van der Waals surface area contributed by atoms with Gasteiger partial charge in [-0.2, -0.15) is 0 Å². The first-order valence-corrected chi connectivity index (χ1v) is 10.1. The fourth-order valence-electron chi connectivity index (χ4n) is 4.49. The fourth-order valence-corrected chi connectivity index (χ4v) is 4.49. The zero-order valence-electron chi connectivity index (χ0n) is 16.3. The molecule has 0 aromatic heterocycles. The molecule has 0 bridgehead atoms. The molecule has 2 aliphatic rings. The van der Waals surface area contributed by atoms with Gasteiger partial charge in [0.2, 0.25) is 0 Å². The third-order valence-corrected chi connectivity index (χ3v) is 5.98. The van der Waals surface area contributed by atoms with Crippen molar-refractivity contribution in [3.63, 3.8) is 0 Å². The Morgan fingerprint density at radius 1 is 1.18 bits per heavy atom. The molecule has 2 atom stereocenters. The second-order valence-corrected chi connectivity index (χ2v) is 7.94. The summed E-state index contributed by atoms with van der Waals surface area (Å²) in [6.45, 7) is 1.62. The van der Waals surface area contributed by atoms with Crippen molar-refractivity contribution >= 4 is 0 Å². The van der Waals surface area contributed by atoms with E-state index < -0.39 is 5.92 Å². The highest BCUT2D eigenvalue weighted by Gasteiger charge is 2.34. The van der Waals surface area contributed by atoms with Crippen molar-refractivity contribution in [2.45, 2.75) is 56.7 Å². The molecule has 1 aliphatic heterocycles. The molecule has 1 saturated heterocycles. The van der Waals surface area contributed by atoms with Crippen LogP contribution in [-0.4, -0.2) is 25.6 Å². The number of piperidine rings is 1. The molecule has 0 spiro atoms. The summed E-state index contributed by atoms with van der Waals surface area (Å²) in [4.78, 5) is 0. The summed E-state index contributed by atoms with van der Waals surface area (Å²) >= 11 is 0. The minimum atomic E-state index is -2.60. The number of fused-ring (bicyclic) bond motifs is 1. The van der Waals surface area contributed by atoms with Crippen molar-refractivity contribution in [3.8, 4) is 5.75 Å². The van der Waals surface area contributed by atoms with Gasteiger partial charge in [-0.25, -0.2) is 8.78 Å².